The highest BCUT2D eigenvalue weighted by molar-refractivity contribution is 5.13. The average Bonchev–Trinajstić information content (AvgIpc) is 2.77. The number of rotatable bonds is 7. The van der Waals surface area contributed by atoms with Gasteiger partial charge in [-0.1, -0.05) is 30.3 Å². The lowest BCUT2D eigenvalue weighted by Gasteiger charge is -2.45. The maximum absolute atomic E-state index is 10.5. The van der Waals surface area contributed by atoms with Crippen molar-refractivity contribution in [2.45, 2.75) is 68.0 Å². The van der Waals surface area contributed by atoms with Crippen molar-refractivity contribution in [2.75, 3.05) is 13.2 Å². The summed E-state index contributed by atoms with van der Waals surface area (Å²) in [7, 11) is 0. The quantitative estimate of drug-likeness (QED) is 0.231. The van der Waals surface area contributed by atoms with Crippen LogP contribution in [0.5, 0.6) is 0 Å². The molecule has 1 aromatic carbocycles. The van der Waals surface area contributed by atoms with Gasteiger partial charge in [-0.2, -0.15) is 0 Å². The standard InChI is InChI=1S/C19H28O11/c20-6-10-12(22)13(23)15(25)19(28-10)30-17-11(7-21)29-18(16(26)14(17)24)27-8-9-4-2-1-3-5-9/h1-5,10-26H,6-8H2/t10?,11?,12-,13?,14+,15+,16?,17+,18+,19+/m0/s1. The molecule has 11 nitrogen and oxygen atoms in total. The van der Waals surface area contributed by atoms with E-state index in [2.05, 4.69) is 0 Å². The van der Waals surface area contributed by atoms with Gasteiger partial charge in [-0.05, 0) is 5.56 Å². The Morgan fingerprint density at radius 3 is 1.93 bits per heavy atom. The van der Waals surface area contributed by atoms with Gasteiger partial charge in [0.15, 0.2) is 12.6 Å². The van der Waals surface area contributed by atoms with E-state index in [0.717, 1.165) is 5.56 Å². The number of aliphatic hydroxyl groups excluding tert-OH is 7. The average molecular weight is 432 g/mol. The molecule has 3 rings (SSSR count). The summed E-state index contributed by atoms with van der Waals surface area (Å²) in [5.74, 6) is 0. The van der Waals surface area contributed by atoms with E-state index in [-0.39, 0.29) is 6.61 Å². The Hall–Kier alpha value is -1.22. The number of hydrogen-bond acceptors (Lipinski definition) is 11. The minimum atomic E-state index is -1.71. The lowest BCUT2D eigenvalue weighted by Crippen LogP contribution is -2.64. The molecular weight excluding hydrogens is 404 g/mol. The predicted octanol–water partition coefficient (Wildman–Crippen LogP) is -3.17. The fraction of sp³-hybridized carbons (Fsp3) is 0.684. The van der Waals surface area contributed by atoms with Gasteiger partial charge in [0.1, 0.15) is 48.8 Å². The number of aliphatic hydroxyl groups is 7. The number of hydrogen-bond donors (Lipinski definition) is 7. The van der Waals surface area contributed by atoms with Gasteiger partial charge in [-0.3, -0.25) is 0 Å². The first-order valence-electron chi connectivity index (χ1n) is 9.61. The fourth-order valence-corrected chi connectivity index (χ4v) is 3.45. The Bertz CT molecular complexity index is 643. The van der Waals surface area contributed by atoms with Crippen LogP contribution in [0.25, 0.3) is 0 Å². The van der Waals surface area contributed by atoms with E-state index in [9.17, 15) is 35.7 Å². The van der Waals surface area contributed by atoms with Crippen molar-refractivity contribution in [1.82, 2.24) is 0 Å². The molecule has 0 bridgehead atoms. The molecule has 2 heterocycles. The van der Waals surface area contributed by atoms with Crippen molar-refractivity contribution in [2.24, 2.45) is 0 Å². The van der Waals surface area contributed by atoms with Crippen LogP contribution in [0.15, 0.2) is 30.3 Å². The minimum Gasteiger partial charge on any atom is -0.394 e. The SMILES string of the molecule is OCC1O[C@H](O[C@@H]2C(CO)O[C@@H](OCc3ccccc3)C(O)[C@H]2O)[C@H](O)C(O)[C@H]1O. The molecule has 2 aliphatic heterocycles. The Balaban J connectivity index is 1.66. The van der Waals surface area contributed by atoms with Gasteiger partial charge in [-0.15, -0.1) is 0 Å². The summed E-state index contributed by atoms with van der Waals surface area (Å²) >= 11 is 0. The van der Waals surface area contributed by atoms with Crippen molar-refractivity contribution in [3.05, 3.63) is 35.9 Å². The van der Waals surface area contributed by atoms with E-state index < -0.39 is 74.6 Å². The summed E-state index contributed by atoms with van der Waals surface area (Å²) in [6.45, 7) is -1.18. The summed E-state index contributed by atoms with van der Waals surface area (Å²) in [5.41, 5.74) is 0.808. The van der Waals surface area contributed by atoms with E-state index in [4.69, 9.17) is 18.9 Å². The van der Waals surface area contributed by atoms with Crippen LogP contribution in [0, 0.1) is 0 Å². The molecule has 30 heavy (non-hydrogen) atoms. The van der Waals surface area contributed by atoms with Crippen molar-refractivity contribution in [3.8, 4) is 0 Å². The third kappa shape index (κ3) is 4.98. The zero-order valence-corrected chi connectivity index (χ0v) is 16.0. The summed E-state index contributed by atoms with van der Waals surface area (Å²) < 4.78 is 21.8. The van der Waals surface area contributed by atoms with Gasteiger partial charge in [0.2, 0.25) is 0 Å². The van der Waals surface area contributed by atoms with E-state index in [1.165, 1.54) is 0 Å². The topological polar surface area (TPSA) is 179 Å². The highest BCUT2D eigenvalue weighted by Gasteiger charge is 2.50. The zero-order valence-electron chi connectivity index (χ0n) is 16.0. The molecule has 7 N–H and O–H groups in total. The molecule has 0 aromatic heterocycles. The Morgan fingerprint density at radius 2 is 1.30 bits per heavy atom. The van der Waals surface area contributed by atoms with E-state index in [0.29, 0.717) is 0 Å². The van der Waals surface area contributed by atoms with Crippen molar-refractivity contribution in [3.63, 3.8) is 0 Å². The minimum absolute atomic E-state index is 0.0890. The first-order valence-corrected chi connectivity index (χ1v) is 9.61. The number of benzene rings is 1. The predicted molar refractivity (Wildman–Crippen MR) is 97.6 cm³/mol. The summed E-state index contributed by atoms with van der Waals surface area (Å²) in [6, 6.07) is 9.07. The molecule has 0 saturated carbocycles. The van der Waals surface area contributed by atoms with Crippen LogP contribution in [-0.2, 0) is 25.6 Å². The fourth-order valence-electron chi connectivity index (χ4n) is 3.45. The monoisotopic (exact) mass is 432 g/mol. The summed E-state index contributed by atoms with van der Waals surface area (Å²) in [6.07, 6.45) is -14.7. The van der Waals surface area contributed by atoms with Crippen LogP contribution in [-0.4, -0.2) is 110 Å². The molecule has 2 aliphatic rings. The second kappa shape index (κ2) is 10.4. The van der Waals surface area contributed by atoms with E-state index in [1.54, 1.807) is 12.1 Å². The highest BCUT2D eigenvalue weighted by Crippen LogP contribution is 2.29. The number of ether oxygens (including phenoxy) is 4. The van der Waals surface area contributed by atoms with Crippen molar-refractivity contribution in [1.29, 1.82) is 0 Å². The maximum Gasteiger partial charge on any atom is 0.187 e. The molecule has 2 saturated heterocycles. The molecule has 0 radical (unpaired) electrons. The van der Waals surface area contributed by atoms with Crippen LogP contribution in [0.3, 0.4) is 0 Å². The molecule has 4 unspecified atom stereocenters. The third-order valence-electron chi connectivity index (χ3n) is 5.22. The van der Waals surface area contributed by atoms with Gasteiger partial charge >= 0.3 is 0 Å². The smallest absolute Gasteiger partial charge is 0.187 e. The normalized spacial score (nSPS) is 42.2. The molecule has 170 valence electrons. The highest BCUT2D eigenvalue weighted by atomic mass is 16.7. The maximum atomic E-state index is 10.5. The molecule has 2 fully saturated rings. The van der Waals surface area contributed by atoms with Gasteiger partial charge in [0.25, 0.3) is 0 Å². The summed E-state index contributed by atoms with van der Waals surface area (Å²) in [4.78, 5) is 0. The van der Waals surface area contributed by atoms with Crippen LogP contribution >= 0.6 is 0 Å². The third-order valence-corrected chi connectivity index (χ3v) is 5.22. The van der Waals surface area contributed by atoms with Crippen molar-refractivity contribution >= 4 is 0 Å². The van der Waals surface area contributed by atoms with Gasteiger partial charge in [0.05, 0.1) is 19.8 Å². The van der Waals surface area contributed by atoms with Gasteiger partial charge < -0.3 is 54.7 Å². The first kappa shape index (κ1) is 23.4. The Labute approximate surface area is 172 Å². The molecular formula is C19H28O11. The largest absolute Gasteiger partial charge is 0.394 e. The van der Waals surface area contributed by atoms with Gasteiger partial charge in [-0.25, -0.2) is 0 Å². The van der Waals surface area contributed by atoms with E-state index >= 15 is 0 Å². The molecule has 10 atom stereocenters. The van der Waals surface area contributed by atoms with Crippen LogP contribution < -0.4 is 0 Å². The molecule has 0 aliphatic carbocycles. The second-order valence-electron chi connectivity index (χ2n) is 7.30. The first-order chi connectivity index (χ1) is 14.4. The molecule has 0 amide bonds. The molecule has 1 aromatic rings. The van der Waals surface area contributed by atoms with Crippen molar-refractivity contribution < 1.29 is 54.7 Å². The molecule has 11 heteroatoms. The summed E-state index contributed by atoms with van der Waals surface area (Å²) in [5, 5.41) is 69.7. The Morgan fingerprint density at radius 1 is 0.700 bits per heavy atom. The lowest BCUT2D eigenvalue weighted by molar-refractivity contribution is -0.360. The van der Waals surface area contributed by atoms with Crippen LogP contribution in [0.2, 0.25) is 0 Å². The zero-order chi connectivity index (χ0) is 21.8. The van der Waals surface area contributed by atoms with E-state index in [1.807, 2.05) is 18.2 Å². The Kier molecular flexibility index (Phi) is 8.12. The molecule has 0 spiro atoms. The van der Waals surface area contributed by atoms with Crippen LogP contribution in [0.1, 0.15) is 5.56 Å². The van der Waals surface area contributed by atoms with Crippen LogP contribution in [0.4, 0.5) is 0 Å². The van der Waals surface area contributed by atoms with Gasteiger partial charge in [0, 0.05) is 0 Å². The lowest BCUT2D eigenvalue weighted by atomic mass is 9.97. The second-order valence-corrected chi connectivity index (χ2v) is 7.30.